The number of carboxylic acid groups (broad SMARTS) is 1. The van der Waals surface area contributed by atoms with Crippen LogP contribution < -0.4 is 13.8 Å². The molecule has 0 atom stereocenters. The van der Waals surface area contributed by atoms with E-state index in [0.29, 0.717) is 62.9 Å². The number of unbranched alkanes of at least 4 members (excludes halogenated alkanes) is 2. The number of carboxylic acids is 1. The molecule has 0 aliphatic heterocycles. The molecule has 0 saturated carbocycles. The summed E-state index contributed by atoms with van der Waals surface area (Å²) >= 11 is 0. The molecule has 0 fully saturated rings. The molecule has 39 heavy (non-hydrogen) atoms. The lowest BCUT2D eigenvalue weighted by Crippen LogP contribution is -2.28. The molecule has 0 radical (unpaired) electrons. The Morgan fingerprint density at radius 1 is 0.923 bits per heavy atom. The van der Waals surface area contributed by atoms with Crippen molar-refractivity contribution in [1.29, 1.82) is 0 Å². The Morgan fingerprint density at radius 3 is 2.26 bits per heavy atom. The van der Waals surface area contributed by atoms with E-state index < -0.39 is 16.0 Å². The Balaban J connectivity index is 2.09. The van der Waals surface area contributed by atoms with Crippen molar-refractivity contribution in [2.75, 3.05) is 43.5 Å². The van der Waals surface area contributed by atoms with Gasteiger partial charge in [-0.1, -0.05) is 44.9 Å². The van der Waals surface area contributed by atoms with E-state index in [4.69, 9.17) is 14.2 Å². The molecular weight excluding hydrogens is 518 g/mol. The quantitative estimate of drug-likeness (QED) is 0.167. The van der Waals surface area contributed by atoms with Crippen LogP contribution in [0, 0.1) is 0 Å². The second kappa shape index (κ2) is 16.8. The average Bonchev–Trinajstić information content (AvgIpc) is 2.92. The molecule has 2 rings (SSSR count). The average molecular weight is 562 g/mol. The van der Waals surface area contributed by atoms with Crippen molar-refractivity contribution in [3.63, 3.8) is 0 Å². The second-order valence-corrected chi connectivity index (χ2v) is 11.4. The number of carbonyl (C=O) groups is 1. The number of hydrogen-bond donors (Lipinski definition) is 1. The minimum absolute atomic E-state index is 0.137. The zero-order chi connectivity index (χ0) is 28.7. The third-order valence-electron chi connectivity index (χ3n) is 6.18. The highest BCUT2D eigenvalue weighted by molar-refractivity contribution is 7.92. The zero-order valence-electron chi connectivity index (χ0n) is 23.6. The number of benzene rings is 2. The summed E-state index contributed by atoms with van der Waals surface area (Å²) in [4.78, 5) is 11.7. The third-order valence-corrected chi connectivity index (χ3v) is 8.03. The lowest BCUT2D eigenvalue weighted by molar-refractivity contribution is -0.132. The predicted molar refractivity (Wildman–Crippen MR) is 156 cm³/mol. The summed E-state index contributed by atoms with van der Waals surface area (Å²) < 4.78 is 43.6. The Hall–Kier alpha value is -3.04. The molecule has 8 nitrogen and oxygen atoms in total. The van der Waals surface area contributed by atoms with Gasteiger partial charge in [-0.3, -0.25) is 4.31 Å². The minimum Gasteiger partial charge on any atom is -0.490 e. The van der Waals surface area contributed by atoms with Crippen LogP contribution >= 0.6 is 0 Å². The lowest BCUT2D eigenvalue weighted by Gasteiger charge is -2.19. The summed E-state index contributed by atoms with van der Waals surface area (Å²) in [6.45, 7) is 7.75. The number of sulfonamides is 1. The fourth-order valence-corrected chi connectivity index (χ4v) is 5.09. The van der Waals surface area contributed by atoms with Crippen LogP contribution in [0.1, 0.15) is 64.0 Å². The highest BCUT2D eigenvalue weighted by Gasteiger charge is 2.17. The van der Waals surface area contributed by atoms with Crippen LogP contribution in [0.15, 0.2) is 48.0 Å². The molecule has 216 valence electrons. The van der Waals surface area contributed by atoms with Crippen molar-refractivity contribution in [2.24, 2.45) is 0 Å². The predicted octanol–water partition coefficient (Wildman–Crippen LogP) is 5.95. The van der Waals surface area contributed by atoms with E-state index in [2.05, 4.69) is 6.92 Å². The molecule has 0 bridgehead atoms. The SMILES string of the molecule is CCCCOc1cc(/C=C(/CCOCC)C(=O)O)ccc1OCCc1ccc(N(C)S(=O)(=O)CCCC)cc1. The van der Waals surface area contributed by atoms with Gasteiger partial charge in [0.2, 0.25) is 10.0 Å². The van der Waals surface area contributed by atoms with Gasteiger partial charge in [0.05, 0.1) is 31.3 Å². The molecule has 0 heterocycles. The third kappa shape index (κ3) is 10.9. The van der Waals surface area contributed by atoms with E-state index in [9.17, 15) is 18.3 Å². The van der Waals surface area contributed by atoms with E-state index in [1.54, 1.807) is 25.3 Å². The van der Waals surface area contributed by atoms with Crippen molar-refractivity contribution in [3.05, 3.63) is 59.2 Å². The van der Waals surface area contributed by atoms with Crippen molar-refractivity contribution in [2.45, 2.75) is 59.3 Å². The number of nitrogens with zero attached hydrogens (tertiary/aromatic N) is 1. The first-order valence-corrected chi connectivity index (χ1v) is 15.3. The highest BCUT2D eigenvalue weighted by Crippen LogP contribution is 2.30. The van der Waals surface area contributed by atoms with E-state index in [1.807, 2.05) is 44.2 Å². The van der Waals surface area contributed by atoms with Crippen molar-refractivity contribution in [1.82, 2.24) is 0 Å². The smallest absolute Gasteiger partial charge is 0.331 e. The monoisotopic (exact) mass is 561 g/mol. The van der Waals surface area contributed by atoms with Crippen molar-refractivity contribution < 1.29 is 32.5 Å². The minimum atomic E-state index is -3.33. The van der Waals surface area contributed by atoms with Crippen LogP contribution in [-0.2, 0) is 26.0 Å². The highest BCUT2D eigenvalue weighted by atomic mass is 32.2. The summed E-state index contributed by atoms with van der Waals surface area (Å²) in [5.74, 6) is 0.325. The first-order valence-electron chi connectivity index (χ1n) is 13.7. The second-order valence-electron chi connectivity index (χ2n) is 9.23. The molecular formula is C30H43NO7S. The number of anilines is 1. The van der Waals surface area contributed by atoms with Gasteiger partial charge in [0.1, 0.15) is 0 Å². The number of rotatable bonds is 19. The summed E-state index contributed by atoms with van der Waals surface area (Å²) in [7, 11) is -1.74. The Labute approximate surface area is 233 Å². The van der Waals surface area contributed by atoms with E-state index >= 15 is 0 Å². The molecule has 0 amide bonds. The van der Waals surface area contributed by atoms with Gasteiger partial charge in [0, 0.05) is 32.1 Å². The van der Waals surface area contributed by atoms with Crippen LogP contribution in [-0.4, -0.2) is 58.7 Å². The van der Waals surface area contributed by atoms with Crippen LogP contribution in [0.5, 0.6) is 11.5 Å². The molecule has 2 aromatic carbocycles. The summed E-state index contributed by atoms with van der Waals surface area (Å²) in [5, 5.41) is 9.56. The normalized spacial score (nSPS) is 11.8. The Kier molecular flexibility index (Phi) is 13.9. The molecule has 1 N–H and O–H groups in total. The van der Waals surface area contributed by atoms with Gasteiger partial charge in [-0.2, -0.15) is 0 Å². The standard InChI is InChI=1S/C30H43NO7S/c1-5-8-18-37-29-23-25(22-26(30(32)33)17-19-36-7-3)12-15-28(29)38-20-16-24-10-13-27(14-11-24)31(4)39(34,35)21-9-6-2/h10-15,22-23H,5-9,16-21H2,1-4H3,(H,32,33)/b26-22-. The number of aliphatic carboxylic acids is 1. The maximum absolute atomic E-state index is 12.5. The van der Waals surface area contributed by atoms with Gasteiger partial charge in [-0.05, 0) is 61.2 Å². The molecule has 9 heteroatoms. The molecule has 0 unspecified atom stereocenters. The van der Waals surface area contributed by atoms with Crippen LogP contribution in [0.4, 0.5) is 5.69 Å². The lowest BCUT2D eigenvalue weighted by atomic mass is 10.1. The first-order chi connectivity index (χ1) is 18.7. The summed E-state index contributed by atoms with van der Waals surface area (Å²) in [5.41, 5.74) is 2.64. The molecule has 0 saturated heterocycles. The summed E-state index contributed by atoms with van der Waals surface area (Å²) in [6.07, 6.45) is 5.92. The van der Waals surface area contributed by atoms with E-state index in [1.165, 1.54) is 4.31 Å². The van der Waals surface area contributed by atoms with Gasteiger partial charge < -0.3 is 19.3 Å². The first kappa shape index (κ1) is 32.2. The molecule has 0 aromatic heterocycles. The fraction of sp³-hybridized carbons (Fsp3) is 0.500. The van der Waals surface area contributed by atoms with Crippen LogP contribution in [0.25, 0.3) is 6.08 Å². The molecule has 0 aliphatic rings. The molecule has 2 aromatic rings. The Morgan fingerprint density at radius 2 is 1.62 bits per heavy atom. The van der Waals surface area contributed by atoms with Gasteiger partial charge in [0.15, 0.2) is 11.5 Å². The van der Waals surface area contributed by atoms with Crippen LogP contribution in [0.2, 0.25) is 0 Å². The largest absolute Gasteiger partial charge is 0.490 e. The van der Waals surface area contributed by atoms with Crippen molar-refractivity contribution in [3.8, 4) is 11.5 Å². The van der Waals surface area contributed by atoms with E-state index in [0.717, 1.165) is 30.4 Å². The van der Waals surface area contributed by atoms with Crippen LogP contribution in [0.3, 0.4) is 0 Å². The Bertz CT molecular complexity index is 1160. The maximum Gasteiger partial charge on any atom is 0.331 e. The summed E-state index contributed by atoms with van der Waals surface area (Å²) in [6, 6.07) is 12.9. The van der Waals surface area contributed by atoms with Gasteiger partial charge in [0.25, 0.3) is 0 Å². The van der Waals surface area contributed by atoms with Gasteiger partial charge >= 0.3 is 5.97 Å². The van der Waals surface area contributed by atoms with Gasteiger partial charge in [-0.15, -0.1) is 0 Å². The maximum atomic E-state index is 12.5. The zero-order valence-corrected chi connectivity index (χ0v) is 24.5. The number of ether oxygens (including phenoxy) is 3. The number of hydrogen-bond acceptors (Lipinski definition) is 6. The molecule has 0 spiro atoms. The fourth-order valence-electron chi connectivity index (χ4n) is 3.72. The van der Waals surface area contributed by atoms with Crippen molar-refractivity contribution >= 4 is 27.8 Å². The molecule has 0 aliphatic carbocycles. The van der Waals surface area contributed by atoms with E-state index in [-0.39, 0.29) is 11.3 Å². The topological polar surface area (TPSA) is 102 Å². The van der Waals surface area contributed by atoms with Gasteiger partial charge in [-0.25, -0.2) is 13.2 Å².